The van der Waals surface area contributed by atoms with Gasteiger partial charge in [-0.1, -0.05) is 6.07 Å². The number of amides is 1. The molecule has 1 atom stereocenters. The molecule has 0 spiro atoms. The smallest absolute Gasteiger partial charge is 0.232 e. The fourth-order valence-corrected chi connectivity index (χ4v) is 7.03. The van der Waals surface area contributed by atoms with Crippen LogP contribution < -0.4 is 5.32 Å². The third-order valence-corrected chi connectivity index (χ3v) is 9.71. The summed E-state index contributed by atoms with van der Waals surface area (Å²) in [6.45, 7) is 13.8. The Balaban J connectivity index is 1.45. The van der Waals surface area contributed by atoms with Gasteiger partial charge in [0.1, 0.15) is 0 Å². The normalized spacial score (nSPS) is 15.6. The van der Waals surface area contributed by atoms with Gasteiger partial charge in [-0.15, -0.1) is 11.3 Å². The van der Waals surface area contributed by atoms with Gasteiger partial charge in [-0.2, -0.15) is 5.26 Å². The Bertz CT molecular complexity index is 1640. The first-order valence-electron chi connectivity index (χ1n) is 15.1. The number of aliphatic imine (C=N–C) groups is 1. The van der Waals surface area contributed by atoms with Crippen molar-refractivity contribution in [2.75, 3.05) is 32.7 Å². The topological polar surface area (TPSA) is 100 Å². The standard InChI is InChI=1S/C34H41N7OS/c1-6-40(7-2)32(42)34(4,5)26-8-9-29-28(19-26)27(31(39-29)30-18-23(3)21-43-30)12-16-37-33(38-22-35)41-17-13-25(20-41)24-10-14-36-15-11-24/h8-11,14-15,18-19,21,25,39H,6-7,12-13,16-17,20H2,1-5H3,(H,37,38). The van der Waals surface area contributed by atoms with Crippen molar-refractivity contribution in [2.45, 2.75) is 58.8 Å². The summed E-state index contributed by atoms with van der Waals surface area (Å²) in [6, 6.07) is 12.7. The van der Waals surface area contributed by atoms with E-state index in [0.29, 0.717) is 37.9 Å². The van der Waals surface area contributed by atoms with Crippen molar-refractivity contribution in [1.82, 2.24) is 25.1 Å². The molecular weight excluding hydrogens is 554 g/mol. The zero-order chi connectivity index (χ0) is 30.6. The second kappa shape index (κ2) is 13.0. The number of likely N-dealkylation sites (tertiary alicyclic amines) is 1. The van der Waals surface area contributed by atoms with Crippen molar-refractivity contribution in [3.05, 3.63) is 76.4 Å². The van der Waals surface area contributed by atoms with E-state index in [4.69, 9.17) is 4.99 Å². The van der Waals surface area contributed by atoms with E-state index in [1.165, 1.54) is 21.6 Å². The number of benzene rings is 1. The lowest BCUT2D eigenvalue weighted by Gasteiger charge is -2.31. The van der Waals surface area contributed by atoms with Crippen LogP contribution in [0.1, 0.15) is 62.3 Å². The number of rotatable bonds is 9. The van der Waals surface area contributed by atoms with Crippen LogP contribution in [0.15, 0.2) is 59.2 Å². The van der Waals surface area contributed by atoms with E-state index in [2.05, 4.69) is 75.1 Å². The molecule has 1 aliphatic rings. The highest BCUT2D eigenvalue weighted by atomic mass is 32.1. The fourth-order valence-electron chi connectivity index (χ4n) is 6.10. The second-order valence-electron chi connectivity index (χ2n) is 11.7. The maximum Gasteiger partial charge on any atom is 0.232 e. The van der Waals surface area contributed by atoms with E-state index in [0.717, 1.165) is 41.7 Å². The summed E-state index contributed by atoms with van der Waals surface area (Å²) in [4.78, 5) is 31.5. The number of carbonyl (C=O) groups is 1. The molecule has 0 aliphatic carbocycles. The maximum atomic E-state index is 13.5. The molecule has 1 aromatic carbocycles. The van der Waals surface area contributed by atoms with Gasteiger partial charge in [-0.3, -0.25) is 20.1 Å². The number of likely N-dealkylation sites (N-methyl/N-ethyl adjacent to an activating group) is 1. The van der Waals surface area contributed by atoms with Crippen LogP contribution in [0.3, 0.4) is 0 Å². The molecule has 1 saturated heterocycles. The Kier molecular flexibility index (Phi) is 9.16. The van der Waals surface area contributed by atoms with Crippen LogP contribution in [0, 0.1) is 18.4 Å². The van der Waals surface area contributed by atoms with Crippen LogP contribution in [0.25, 0.3) is 21.5 Å². The summed E-state index contributed by atoms with van der Waals surface area (Å²) < 4.78 is 0. The second-order valence-corrected chi connectivity index (χ2v) is 12.6. The van der Waals surface area contributed by atoms with Gasteiger partial charge in [0.05, 0.1) is 16.0 Å². The van der Waals surface area contributed by atoms with Crippen molar-refractivity contribution in [2.24, 2.45) is 4.99 Å². The maximum absolute atomic E-state index is 13.5. The van der Waals surface area contributed by atoms with E-state index >= 15 is 0 Å². The van der Waals surface area contributed by atoms with E-state index in [1.807, 2.05) is 45.0 Å². The SMILES string of the molecule is CCN(CC)C(=O)C(C)(C)c1ccc2[nH]c(-c3cc(C)cs3)c(CCN=C(NC#N)N3CCC(c4ccncc4)C3)c2c1. The highest BCUT2D eigenvalue weighted by Crippen LogP contribution is 2.37. The van der Waals surface area contributed by atoms with E-state index in [9.17, 15) is 10.1 Å². The summed E-state index contributed by atoms with van der Waals surface area (Å²) in [5.41, 5.74) is 6.17. The number of aryl methyl sites for hydroxylation is 1. The number of hydrogen-bond acceptors (Lipinski definition) is 5. The largest absolute Gasteiger partial charge is 0.354 e. The van der Waals surface area contributed by atoms with Crippen molar-refractivity contribution >= 4 is 34.1 Å². The fraction of sp³-hybridized carbons (Fsp3) is 0.412. The number of carbonyl (C=O) groups excluding carboxylic acids is 1. The zero-order valence-corrected chi connectivity index (χ0v) is 26.6. The Morgan fingerprint density at radius 1 is 1.23 bits per heavy atom. The summed E-state index contributed by atoms with van der Waals surface area (Å²) in [5.74, 6) is 1.14. The van der Waals surface area contributed by atoms with Gasteiger partial charge >= 0.3 is 0 Å². The first kappa shape index (κ1) is 30.3. The van der Waals surface area contributed by atoms with Gasteiger partial charge < -0.3 is 14.8 Å². The van der Waals surface area contributed by atoms with E-state index < -0.39 is 5.41 Å². The first-order valence-corrected chi connectivity index (χ1v) is 16.0. The number of fused-ring (bicyclic) bond motifs is 1. The molecule has 43 heavy (non-hydrogen) atoms. The molecule has 0 bridgehead atoms. The molecule has 1 aliphatic heterocycles. The highest BCUT2D eigenvalue weighted by Gasteiger charge is 2.33. The minimum absolute atomic E-state index is 0.135. The molecule has 3 aromatic heterocycles. The molecule has 8 nitrogen and oxygen atoms in total. The molecular formula is C34H41N7OS. The predicted molar refractivity (Wildman–Crippen MR) is 175 cm³/mol. The number of pyridine rings is 1. The molecule has 0 saturated carbocycles. The number of thiophene rings is 1. The van der Waals surface area contributed by atoms with Gasteiger partial charge in [0.2, 0.25) is 11.9 Å². The summed E-state index contributed by atoms with van der Waals surface area (Å²) >= 11 is 1.73. The average molecular weight is 596 g/mol. The summed E-state index contributed by atoms with van der Waals surface area (Å²) in [7, 11) is 0. The highest BCUT2D eigenvalue weighted by molar-refractivity contribution is 7.13. The molecule has 1 amide bonds. The van der Waals surface area contributed by atoms with Crippen LogP contribution in [-0.2, 0) is 16.6 Å². The third-order valence-electron chi connectivity index (χ3n) is 8.65. The molecule has 5 rings (SSSR count). The molecule has 224 valence electrons. The molecule has 1 unspecified atom stereocenters. The van der Waals surface area contributed by atoms with E-state index in [1.54, 1.807) is 11.3 Å². The van der Waals surface area contributed by atoms with E-state index in [-0.39, 0.29) is 5.91 Å². The molecule has 2 N–H and O–H groups in total. The number of aromatic amines is 1. The first-order chi connectivity index (χ1) is 20.8. The lowest BCUT2D eigenvalue weighted by atomic mass is 9.82. The van der Waals surface area contributed by atoms with Gasteiger partial charge in [0.15, 0.2) is 6.19 Å². The van der Waals surface area contributed by atoms with Crippen LogP contribution in [0.2, 0.25) is 0 Å². The van der Waals surface area contributed by atoms with Crippen LogP contribution in [0.5, 0.6) is 0 Å². The Hall–Kier alpha value is -4.16. The van der Waals surface area contributed by atoms with Crippen LogP contribution in [-0.4, -0.2) is 64.4 Å². The quantitative estimate of drug-likeness (QED) is 0.104. The van der Waals surface area contributed by atoms with Crippen LogP contribution >= 0.6 is 11.3 Å². The van der Waals surface area contributed by atoms with Crippen molar-refractivity contribution in [3.8, 4) is 16.8 Å². The molecule has 1 fully saturated rings. The van der Waals surface area contributed by atoms with Crippen molar-refractivity contribution < 1.29 is 4.79 Å². The minimum atomic E-state index is -0.655. The number of guanidine groups is 1. The zero-order valence-electron chi connectivity index (χ0n) is 25.8. The third kappa shape index (κ3) is 6.30. The summed E-state index contributed by atoms with van der Waals surface area (Å²) in [6.07, 6.45) is 7.46. The number of H-pyrrole nitrogens is 1. The lowest BCUT2D eigenvalue weighted by molar-refractivity contribution is -0.135. The monoisotopic (exact) mass is 595 g/mol. The van der Waals surface area contributed by atoms with Gasteiger partial charge in [0, 0.05) is 61.9 Å². The predicted octanol–water partition coefficient (Wildman–Crippen LogP) is 6.20. The number of aromatic nitrogens is 2. The number of nitrogens with zero attached hydrogens (tertiary/aromatic N) is 5. The van der Waals surface area contributed by atoms with Crippen LogP contribution in [0.4, 0.5) is 0 Å². The molecule has 0 radical (unpaired) electrons. The van der Waals surface area contributed by atoms with Gasteiger partial charge in [0.25, 0.3) is 0 Å². The molecule has 4 heterocycles. The van der Waals surface area contributed by atoms with Gasteiger partial charge in [-0.05, 0) is 105 Å². The summed E-state index contributed by atoms with van der Waals surface area (Å²) in [5, 5.41) is 15.6. The van der Waals surface area contributed by atoms with Crippen molar-refractivity contribution in [3.63, 3.8) is 0 Å². The molecule has 9 heteroatoms. The number of nitriles is 1. The lowest BCUT2D eigenvalue weighted by Crippen LogP contribution is -2.43. The minimum Gasteiger partial charge on any atom is -0.354 e. The van der Waals surface area contributed by atoms with Crippen molar-refractivity contribution in [1.29, 1.82) is 5.26 Å². The number of nitrogens with one attached hydrogen (secondary N) is 2. The van der Waals surface area contributed by atoms with Gasteiger partial charge in [-0.25, -0.2) is 0 Å². The average Bonchev–Trinajstić information content (AvgIpc) is 3.76. The Morgan fingerprint density at radius 3 is 2.67 bits per heavy atom. The molecule has 4 aromatic rings. The Morgan fingerprint density at radius 2 is 2.00 bits per heavy atom. The Labute approximate surface area is 258 Å². The number of hydrogen-bond donors (Lipinski definition) is 2.